The van der Waals surface area contributed by atoms with Crippen molar-refractivity contribution in [3.05, 3.63) is 24.3 Å². The zero-order chi connectivity index (χ0) is 28.8. The van der Waals surface area contributed by atoms with Crippen molar-refractivity contribution >= 4 is 41.7 Å². The molecule has 1 atom stereocenters. The van der Waals surface area contributed by atoms with Gasteiger partial charge in [-0.1, -0.05) is 0 Å². The fourth-order valence-corrected chi connectivity index (χ4v) is 4.09. The van der Waals surface area contributed by atoms with Crippen LogP contribution in [0.2, 0.25) is 0 Å². The lowest BCUT2D eigenvalue weighted by molar-refractivity contribution is -0.138. The average Bonchev–Trinajstić information content (AvgIpc) is 3.41. The molecule has 2 rings (SSSR count). The molecule has 0 fully saturated rings. The van der Waals surface area contributed by atoms with Crippen molar-refractivity contribution < 1.29 is 43.0 Å². The van der Waals surface area contributed by atoms with Crippen LogP contribution in [-0.2, 0) is 33.4 Å². The maximum Gasteiger partial charge on any atom is 0.407 e. The Balaban J connectivity index is 1.96. The normalized spacial score (nSPS) is 15.3. The van der Waals surface area contributed by atoms with Crippen LogP contribution >= 0.6 is 0 Å². The van der Waals surface area contributed by atoms with Gasteiger partial charge in [0.05, 0.1) is 14.2 Å². The van der Waals surface area contributed by atoms with Gasteiger partial charge in [0.25, 0.3) is 23.6 Å². The summed E-state index contributed by atoms with van der Waals surface area (Å²) in [6.45, 7) is 0.662. The molecule has 0 saturated heterocycles. The van der Waals surface area contributed by atoms with Crippen LogP contribution < -0.4 is 16.0 Å². The number of methoxy groups -OCH3 is 2. The average molecular weight is 550 g/mol. The summed E-state index contributed by atoms with van der Waals surface area (Å²) < 4.78 is 9.14. The molecule has 0 aliphatic carbocycles. The Bertz CT molecular complexity index is 926. The van der Waals surface area contributed by atoms with Crippen molar-refractivity contribution in [3.8, 4) is 0 Å². The van der Waals surface area contributed by atoms with Crippen LogP contribution in [0, 0.1) is 0 Å². The minimum Gasteiger partial charge on any atom is -0.453 e. The Labute approximate surface area is 226 Å². The molecule has 0 radical (unpaired) electrons. The van der Waals surface area contributed by atoms with Gasteiger partial charge in [0.1, 0.15) is 6.04 Å². The van der Waals surface area contributed by atoms with E-state index in [1.807, 2.05) is 0 Å². The van der Waals surface area contributed by atoms with Crippen LogP contribution in [0.1, 0.15) is 44.9 Å². The van der Waals surface area contributed by atoms with Crippen LogP contribution in [0.25, 0.3) is 0 Å². The van der Waals surface area contributed by atoms with Crippen LogP contribution in [0.5, 0.6) is 0 Å². The van der Waals surface area contributed by atoms with Gasteiger partial charge in [-0.05, 0) is 44.9 Å². The highest BCUT2D eigenvalue weighted by atomic mass is 16.5. The number of nitrogens with zero attached hydrogens (tertiary/aromatic N) is 2. The summed E-state index contributed by atoms with van der Waals surface area (Å²) in [5.41, 5.74) is 0. The first-order valence-electron chi connectivity index (χ1n) is 12.7. The third-order valence-corrected chi connectivity index (χ3v) is 6.18. The Morgan fingerprint density at radius 2 is 1.18 bits per heavy atom. The third-order valence-electron chi connectivity index (χ3n) is 6.18. The lowest BCUT2D eigenvalue weighted by Gasteiger charge is -2.25. The van der Waals surface area contributed by atoms with E-state index in [0.29, 0.717) is 45.1 Å². The topological polar surface area (TPSA) is 181 Å². The molecule has 3 N–H and O–H groups in total. The first-order chi connectivity index (χ1) is 18.7. The van der Waals surface area contributed by atoms with Crippen molar-refractivity contribution in [1.82, 2.24) is 25.8 Å². The van der Waals surface area contributed by atoms with Crippen molar-refractivity contribution in [2.24, 2.45) is 0 Å². The Morgan fingerprint density at radius 1 is 0.692 bits per heavy atom. The number of hydrogen-bond donors (Lipinski definition) is 3. The Kier molecular flexibility index (Phi) is 12.6. The van der Waals surface area contributed by atoms with E-state index in [2.05, 4.69) is 25.4 Å². The highest BCUT2D eigenvalue weighted by molar-refractivity contribution is 6.13. The molecule has 2 aliphatic heterocycles. The number of hydrogen-bond acceptors (Lipinski definition) is 9. The molecule has 7 amide bonds. The highest BCUT2D eigenvalue weighted by Gasteiger charge is 2.27. The van der Waals surface area contributed by atoms with E-state index in [0.717, 1.165) is 9.80 Å². The first-order valence-corrected chi connectivity index (χ1v) is 12.7. The van der Waals surface area contributed by atoms with Gasteiger partial charge in [0.2, 0.25) is 5.91 Å². The number of carbonyl (C=O) groups is 7. The van der Waals surface area contributed by atoms with Gasteiger partial charge in [-0.3, -0.25) is 33.8 Å². The van der Waals surface area contributed by atoms with Crippen LogP contribution in [-0.4, -0.2) is 97.5 Å². The molecule has 2 heterocycles. The molecule has 14 heteroatoms. The second-order valence-corrected chi connectivity index (χ2v) is 8.92. The van der Waals surface area contributed by atoms with Gasteiger partial charge in [-0.25, -0.2) is 9.59 Å². The molecule has 0 aromatic rings. The summed E-state index contributed by atoms with van der Waals surface area (Å²) >= 11 is 0. The second kappa shape index (κ2) is 15.9. The summed E-state index contributed by atoms with van der Waals surface area (Å²) in [6, 6.07) is -1.35. The number of rotatable bonds is 16. The summed E-state index contributed by atoms with van der Waals surface area (Å²) in [5, 5.41) is 7.95. The van der Waals surface area contributed by atoms with Crippen LogP contribution in [0.15, 0.2) is 24.3 Å². The zero-order valence-corrected chi connectivity index (χ0v) is 22.1. The maximum atomic E-state index is 13.1. The lowest BCUT2D eigenvalue weighted by atomic mass is 10.0. The van der Waals surface area contributed by atoms with Crippen molar-refractivity contribution in [2.75, 3.05) is 33.9 Å². The largest absolute Gasteiger partial charge is 0.453 e. The molecular formula is C25H35N5O9. The SMILES string of the molecule is COC(=O)NCCCCC(NC(=O)OC)C(=O)NC(CCCN1C(=O)C=CC1=O)CCCN1C(=O)C=CC1=O. The fourth-order valence-electron chi connectivity index (χ4n) is 4.09. The minimum atomic E-state index is -0.921. The summed E-state index contributed by atoms with van der Waals surface area (Å²) in [4.78, 5) is 85.7. The summed E-state index contributed by atoms with van der Waals surface area (Å²) in [5.74, 6) is -2.06. The van der Waals surface area contributed by atoms with Gasteiger partial charge in [-0.2, -0.15) is 0 Å². The van der Waals surface area contributed by atoms with E-state index in [9.17, 15) is 33.6 Å². The number of nitrogens with one attached hydrogen (secondary N) is 3. The van der Waals surface area contributed by atoms with Crippen LogP contribution in [0.3, 0.4) is 0 Å². The number of imide groups is 2. The number of alkyl carbamates (subject to hydrolysis) is 2. The lowest BCUT2D eigenvalue weighted by Crippen LogP contribution is -2.50. The van der Waals surface area contributed by atoms with Gasteiger partial charge < -0.3 is 25.4 Å². The van der Waals surface area contributed by atoms with Gasteiger partial charge in [0.15, 0.2) is 0 Å². The van der Waals surface area contributed by atoms with E-state index in [1.165, 1.54) is 38.5 Å². The fraction of sp³-hybridized carbons (Fsp3) is 0.560. The molecule has 0 spiro atoms. The van der Waals surface area contributed by atoms with Gasteiger partial charge in [-0.15, -0.1) is 0 Å². The number of unbranched alkanes of at least 4 members (excludes halogenated alkanes) is 1. The van der Waals surface area contributed by atoms with E-state index in [1.54, 1.807) is 0 Å². The highest BCUT2D eigenvalue weighted by Crippen LogP contribution is 2.13. The maximum absolute atomic E-state index is 13.1. The minimum absolute atomic E-state index is 0.168. The van der Waals surface area contributed by atoms with E-state index < -0.39 is 53.8 Å². The smallest absolute Gasteiger partial charge is 0.407 e. The summed E-state index contributed by atoms with van der Waals surface area (Å²) in [7, 11) is 2.43. The molecule has 0 saturated carbocycles. The molecule has 1 unspecified atom stereocenters. The van der Waals surface area contributed by atoms with E-state index >= 15 is 0 Å². The summed E-state index contributed by atoms with van der Waals surface area (Å²) in [6.07, 6.45) is 6.34. The monoisotopic (exact) mass is 549 g/mol. The quantitative estimate of drug-likeness (QED) is 0.178. The van der Waals surface area contributed by atoms with E-state index in [-0.39, 0.29) is 19.5 Å². The zero-order valence-electron chi connectivity index (χ0n) is 22.1. The third kappa shape index (κ3) is 10.2. The molecule has 0 aromatic carbocycles. The molecule has 0 bridgehead atoms. The molecule has 39 heavy (non-hydrogen) atoms. The first kappa shape index (κ1) is 31.0. The van der Waals surface area contributed by atoms with E-state index in [4.69, 9.17) is 0 Å². The molecule has 14 nitrogen and oxygen atoms in total. The number of ether oxygens (including phenoxy) is 2. The number of carbonyl (C=O) groups excluding carboxylic acids is 7. The molecular weight excluding hydrogens is 514 g/mol. The number of amides is 7. The Hall–Kier alpha value is -4.23. The standard InChI is InChI=1S/C25H35N5O9/c1-38-24(36)26-14-4-3-9-18(28-25(37)39-2)23(35)27-17(7-5-15-29-19(31)10-11-20(29)32)8-6-16-30-21(33)12-13-22(30)34/h10-13,17-18H,3-9,14-16H2,1-2H3,(H,26,36)(H,27,35)(H,28,37). The molecule has 214 valence electrons. The van der Waals surface area contributed by atoms with Crippen molar-refractivity contribution in [3.63, 3.8) is 0 Å². The Morgan fingerprint density at radius 3 is 1.64 bits per heavy atom. The van der Waals surface area contributed by atoms with Gasteiger partial charge in [0, 0.05) is 50.0 Å². The predicted octanol–water partition coefficient (Wildman–Crippen LogP) is 0.133. The van der Waals surface area contributed by atoms with Gasteiger partial charge >= 0.3 is 12.2 Å². The molecule has 2 aliphatic rings. The molecule has 0 aromatic heterocycles. The predicted molar refractivity (Wildman–Crippen MR) is 136 cm³/mol. The van der Waals surface area contributed by atoms with Crippen molar-refractivity contribution in [1.29, 1.82) is 0 Å². The second-order valence-electron chi connectivity index (χ2n) is 8.92. The van der Waals surface area contributed by atoms with Crippen molar-refractivity contribution in [2.45, 2.75) is 57.0 Å². The van der Waals surface area contributed by atoms with Crippen LogP contribution in [0.4, 0.5) is 9.59 Å².